The van der Waals surface area contributed by atoms with Crippen molar-refractivity contribution in [1.82, 2.24) is 15.2 Å². The Bertz CT molecular complexity index is 1240. The zero-order valence-electron chi connectivity index (χ0n) is 20.5. The molecule has 6 nitrogen and oxygen atoms in total. The highest BCUT2D eigenvalue weighted by Crippen LogP contribution is 2.32. The summed E-state index contributed by atoms with van der Waals surface area (Å²) in [5.74, 6) is -0.157. The highest BCUT2D eigenvalue weighted by molar-refractivity contribution is 6.33. The first-order valence-corrected chi connectivity index (χ1v) is 13.0. The second-order valence-corrected chi connectivity index (χ2v) is 10.1. The molecule has 1 unspecified atom stereocenters. The average molecular weight is 503 g/mol. The summed E-state index contributed by atoms with van der Waals surface area (Å²) in [5.41, 5.74) is 4.55. The third-order valence-electron chi connectivity index (χ3n) is 7.49. The van der Waals surface area contributed by atoms with Crippen LogP contribution in [0.25, 0.3) is 0 Å². The molecule has 36 heavy (non-hydrogen) atoms. The van der Waals surface area contributed by atoms with E-state index in [0.29, 0.717) is 16.1 Å². The van der Waals surface area contributed by atoms with E-state index in [0.717, 1.165) is 50.8 Å². The number of pyridine rings is 1. The fourth-order valence-electron chi connectivity index (χ4n) is 5.40. The van der Waals surface area contributed by atoms with Gasteiger partial charge in [-0.2, -0.15) is 0 Å². The molecule has 1 N–H and O–H groups in total. The SMILES string of the molecule is CN(C(=O)c1ccc2c(c1)C(NC(=O)c1ccccc1Cl)CCC2)C1CCN(c2ccncc2)CC1. The number of halogens is 1. The van der Waals surface area contributed by atoms with Crippen molar-refractivity contribution < 1.29 is 9.59 Å². The van der Waals surface area contributed by atoms with E-state index >= 15 is 0 Å². The Morgan fingerprint density at radius 3 is 2.53 bits per heavy atom. The number of hydrogen-bond donors (Lipinski definition) is 1. The number of amides is 2. The van der Waals surface area contributed by atoms with E-state index in [9.17, 15) is 9.59 Å². The van der Waals surface area contributed by atoms with Gasteiger partial charge in [-0.05, 0) is 79.6 Å². The summed E-state index contributed by atoms with van der Waals surface area (Å²) in [6, 6.07) is 17.2. The molecule has 1 saturated heterocycles. The molecule has 0 spiro atoms. The molecule has 2 heterocycles. The third-order valence-corrected chi connectivity index (χ3v) is 7.82. The second kappa shape index (κ2) is 10.7. The van der Waals surface area contributed by atoms with Crippen molar-refractivity contribution in [3.8, 4) is 0 Å². The van der Waals surface area contributed by atoms with E-state index < -0.39 is 0 Å². The van der Waals surface area contributed by atoms with Gasteiger partial charge in [0.15, 0.2) is 0 Å². The number of rotatable bonds is 5. The van der Waals surface area contributed by atoms with E-state index in [1.54, 1.807) is 12.1 Å². The van der Waals surface area contributed by atoms with Crippen LogP contribution in [-0.4, -0.2) is 47.9 Å². The Morgan fingerprint density at radius 1 is 1.03 bits per heavy atom. The standard InChI is InChI=1S/C29H31ClN4O2/c1-33(22-13-17-34(18-14-22)23-11-15-31-16-12-23)29(36)21-10-9-20-5-4-8-27(25(20)19-21)32-28(35)24-6-2-3-7-26(24)30/h2-3,6-7,9-12,15-16,19,22,27H,4-5,8,13-14,17-18H2,1H3,(H,32,35). The van der Waals surface area contributed by atoms with Gasteiger partial charge < -0.3 is 15.1 Å². The van der Waals surface area contributed by atoms with Gasteiger partial charge in [0, 0.05) is 49.8 Å². The molecule has 1 fully saturated rings. The first kappa shape index (κ1) is 24.3. The van der Waals surface area contributed by atoms with Crippen LogP contribution in [0.15, 0.2) is 67.0 Å². The van der Waals surface area contributed by atoms with E-state index in [1.807, 2.05) is 60.7 Å². The van der Waals surface area contributed by atoms with Crippen LogP contribution in [0.2, 0.25) is 5.02 Å². The van der Waals surface area contributed by atoms with E-state index in [-0.39, 0.29) is 23.9 Å². The summed E-state index contributed by atoms with van der Waals surface area (Å²) in [7, 11) is 1.91. The van der Waals surface area contributed by atoms with Crippen LogP contribution in [0.1, 0.15) is 63.6 Å². The lowest BCUT2D eigenvalue weighted by Gasteiger charge is -2.38. The van der Waals surface area contributed by atoms with E-state index in [4.69, 9.17) is 11.6 Å². The minimum atomic E-state index is -0.187. The number of nitrogens with one attached hydrogen (secondary N) is 1. The van der Waals surface area contributed by atoms with Crippen LogP contribution in [0.3, 0.4) is 0 Å². The average Bonchev–Trinajstić information content (AvgIpc) is 2.93. The predicted octanol–water partition coefficient (Wildman–Crippen LogP) is 5.28. The van der Waals surface area contributed by atoms with Gasteiger partial charge in [-0.25, -0.2) is 0 Å². The number of benzene rings is 2. The van der Waals surface area contributed by atoms with Gasteiger partial charge in [0.1, 0.15) is 0 Å². The van der Waals surface area contributed by atoms with Gasteiger partial charge in [0.25, 0.3) is 11.8 Å². The summed E-state index contributed by atoms with van der Waals surface area (Å²) in [6.45, 7) is 1.82. The first-order valence-electron chi connectivity index (χ1n) is 12.6. The van der Waals surface area contributed by atoms with Crippen molar-refractivity contribution in [2.75, 3.05) is 25.0 Å². The molecule has 1 aliphatic heterocycles. The van der Waals surface area contributed by atoms with Crippen LogP contribution in [0.5, 0.6) is 0 Å². The molecule has 2 aromatic carbocycles. The molecule has 7 heteroatoms. The van der Waals surface area contributed by atoms with Crippen LogP contribution >= 0.6 is 11.6 Å². The van der Waals surface area contributed by atoms with Gasteiger partial charge in [-0.15, -0.1) is 0 Å². The maximum atomic E-state index is 13.5. The van der Waals surface area contributed by atoms with Gasteiger partial charge >= 0.3 is 0 Å². The smallest absolute Gasteiger partial charge is 0.253 e. The lowest BCUT2D eigenvalue weighted by Crippen LogP contribution is -2.45. The van der Waals surface area contributed by atoms with Gasteiger partial charge in [0.2, 0.25) is 0 Å². The molecule has 1 atom stereocenters. The van der Waals surface area contributed by atoms with E-state index in [1.165, 1.54) is 11.3 Å². The molecule has 3 aromatic rings. The minimum absolute atomic E-state index is 0.0296. The molecule has 1 aromatic heterocycles. The molecule has 186 valence electrons. The van der Waals surface area contributed by atoms with Crippen molar-refractivity contribution in [3.63, 3.8) is 0 Å². The Balaban J connectivity index is 1.28. The summed E-state index contributed by atoms with van der Waals surface area (Å²) in [6.07, 6.45) is 8.26. The van der Waals surface area contributed by atoms with Crippen LogP contribution in [0, 0.1) is 0 Å². The maximum absolute atomic E-state index is 13.5. The number of carbonyl (C=O) groups is 2. The molecule has 5 rings (SSSR count). The van der Waals surface area contributed by atoms with Crippen LogP contribution in [0.4, 0.5) is 5.69 Å². The van der Waals surface area contributed by atoms with Crippen LogP contribution < -0.4 is 10.2 Å². The lowest BCUT2D eigenvalue weighted by molar-refractivity contribution is 0.0709. The van der Waals surface area contributed by atoms with Crippen LogP contribution in [-0.2, 0) is 6.42 Å². The zero-order valence-corrected chi connectivity index (χ0v) is 21.2. The highest BCUT2D eigenvalue weighted by Gasteiger charge is 2.28. The number of aryl methyl sites for hydroxylation is 1. The third kappa shape index (κ3) is 5.09. The van der Waals surface area contributed by atoms with Gasteiger partial charge in [0.05, 0.1) is 16.6 Å². The Hall–Kier alpha value is -3.38. The Kier molecular flexibility index (Phi) is 7.23. The quantitative estimate of drug-likeness (QED) is 0.515. The lowest BCUT2D eigenvalue weighted by atomic mass is 9.86. The fraction of sp³-hybridized carbons (Fsp3) is 0.345. The molecule has 2 aliphatic rings. The number of piperidine rings is 1. The summed E-state index contributed by atoms with van der Waals surface area (Å²) < 4.78 is 0. The fourth-order valence-corrected chi connectivity index (χ4v) is 5.62. The number of aromatic nitrogens is 1. The van der Waals surface area contributed by atoms with Crippen molar-refractivity contribution in [3.05, 3.63) is 94.3 Å². The van der Waals surface area contributed by atoms with Gasteiger partial charge in [-0.1, -0.05) is 29.8 Å². The van der Waals surface area contributed by atoms with E-state index in [2.05, 4.69) is 21.3 Å². The molecular formula is C29H31ClN4O2. The zero-order chi connectivity index (χ0) is 25.1. The first-order chi connectivity index (χ1) is 17.5. The maximum Gasteiger partial charge on any atom is 0.253 e. The number of carbonyl (C=O) groups excluding carboxylic acids is 2. The largest absolute Gasteiger partial charge is 0.371 e. The summed E-state index contributed by atoms with van der Waals surface area (Å²) in [4.78, 5) is 34.7. The molecule has 0 bridgehead atoms. The van der Waals surface area contributed by atoms with Crippen molar-refractivity contribution in [2.24, 2.45) is 0 Å². The summed E-state index contributed by atoms with van der Waals surface area (Å²) >= 11 is 6.24. The molecular weight excluding hydrogens is 472 g/mol. The normalized spacial score (nSPS) is 17.8. The minimum Gasteiger partial charge on any atom is -0.371 e. The number of hydrogen-bond acceptors (Lipinski definition) is 4. The molecule has 0 saturated carbocycles. The molecule has 0 radical (unpaired) electrons. The van der Waals surface area contributed by atoms with Crippen molar-refractivity contribution in [1.29, 1.82) is 0 Å². The molecule has 1 aliphatic carbocycles. The molecule has 2 amide bonds. The Labute approximate surface area is 217 Å². The number of nitrogens with zero attached hydrogens (tertiary/aromatic N) is 3. The summed E-state index contributed by atoms with van der Waals surface area (Å²) in [5, 5.41) is 3.59. The van der Waals surface area contributed by atoms with Crippen molar-refractivity contribution >= 4 is 29.1 Å². The van der Waals surface area contributed by atoms with Crippen molar-refractivity contribution in [2.45, 2.75) is 44.2 Å². The second-order valence-electron chi connectivity index (χ2n) is 9.65. The highest BCUT2D eigenvalue weighted by atomic mass is 35.5. The topological polar surface area (TPSA) is 65.5 Å². The number of fused-ring (bicyclic) bond motifs is 1. The van der Waals surface area contributed by atoms with Gasteiger partial charge in [-0.3, -0.25) is 14.6 Å². The monoisotopic (exact) mass is 502 g/mol. The number of anilines is 1. The Morgan fingerprint density at radius 2 is 1.78 bits per heavy atom. The predicted molar refractivity (Wildman–Crippen MR) is 143 cm³/mol.